The van der Waals surface area contributed by atoms with Gasteiger partial charge in [-0.3, -0.25) is 9.69 Å². The summed E-state index contributed by atoms with van der Waals surface area (Å²) >= 11 is 0. The lowest BCUT2D eigenvalue weighted by Crippen LogP contribution is -2.46. The third-order valence-corrected chi connectivity index (χ3v) is 5.43. The van der Waals surface area contributed by atoms with E-state index in [0.717, 1.165) is 24.3 Å². The maximum Gasteiger partial charge on any atom is 0.270 e. The highest BCUT2D eigenvalue weighted by atomic mass is 19.1. The summed E-state index contributed by atoms with van der Waals surface area (Å²) in [5.74, 6) is -0.960. The molecule has 0 spiro atoms. The number of nitriles is 1. The Kier molecular flexibility index (Phi) is 5.46. The molecule has 0 aliphatic carbocycles. The molecule has 1 aliphatic rings. The van der Waals surface area contributed by atoms with Gasteiger partial charge in [0.15, 0.2) is 5.82 Å². The fraction of sp³-hybridized carbons (Fsp3) is 0.318. The summed E-state index contributed by atoms with van der Waals surface area (Å²) in [6, 6.07) is 9.71. The van der Waals surface area contributed by atoms with Crippen LogP contribution in [-0.4, -0.2) is 41.0 Å². The third kappa shape index (κ3) is 3.89. The summed E-state index contributed by atoms with van der Waals surface area (Å²) in [6.45, 7) is 5.19. The molecule has 6 nitrogen and oxygen atoms in total. The molecular formula is C22H21F2N5O. The van der Waals surface area contributed by atoms with Crippen LogP contribution in [0.5, 0.6) is 0 Å². The Morgan fingerprint density at radius 3 is 2.57 bits per heavy atom. The Hall–Kier alpha value is -3.31. The van der Waals surface area contributed by atoms with Crippen LogP contribution in [0.15, 0.2) is 35.1 Å². The first kappa shape index (κ1) is 20.0. The van der Waals surface area contributed by atoms with Crippen molar-refractivity contribution < 1.29 is 8.78 Å². The molecule has 0 radical (unpaired) electrons. The van der Waals surface area contributed by atoms with Gasteiger partial charge in [0.1, 0.15) is 23.1 Å². The molecule has 0 saturated carbocycles. The molecule has 1 aromatic heterocycles. The van der Waals surface area contributed by atoms with Gasteiger partial charge in [-0.1, -0.05) is 6.92 Å². The monoisotopic (exact) mass is 409 g/mol. The number of aryl methyl sites for hydroxylation is 1. The highest BCUT2D eigenvalue weighted by molar-refractivity contribution is 5.75. The van der Waals surface area contributed by atoms with Gasteiger partial charge in [0.05, 0.1) is 11.1 Å². The second-order valence-corrected chi connectivity index (χ2v) is 7.38. The number of halogens is 2. The number of benzene rings is 2. The SMILES string of the molecule is CCc1nc2c(F)cc(CN3CCN(c4ccc(C#N)c(F)c4)CC3)cc2[nH]c1=O. The normalized spacial score (nSPS) is 14.8. The summed E-state index contributed by atoms with van der Waals surface area (Å²) in [5, 5.41) is 8.86. The quantitative estimate of drug-likeness (QED) is 0.717. The van der Waals surface area contributed by atoms with Crippen molar-refractivity contribution in [2.45, 2.75) is 19.9 Å². The molecule has 4 rings (SSSR count). The molecule has 154 valence electrons. The van der Waals surface area contributed by atoms with E-state index in [9.17, 15) is 13.6 Å². The van der Waals surface area contributed by atoms with Crippen LogP contribution in [0.2, 0.25) is 0 Å². The summed E-state index contributed by atoms with van der Waals surface area (Å²) in [4.78, 5) is 23.1. The van der Waals surface area contributed by atoms with Crippen LogP contribution in [0.3, 0.4) is 0 Å². The van der Waals surface area contributed by atoms with Gasteiger partial charge in [-0.2, -0.15) is 5.26 Å². The summed E-state index contributed by atoms with van der Waals surface area (Å²) < 4.78 is 28.4. The molecule has 2 heterocycles. The van der Waals surface area contributed by atoms with Crippen LogP contribution in [0.1, 0.15) is 23.7 Å². The van der Waals surface area contributed by atoms with Crippen molar-refractivity contribution in [3.8, 4) is 6.07 Å². The molecule has 3 aromatic rings. The van der Waals surface area contributed by atoms with Crippen LogP contribution < -0.4 is 10.5 Å². The molecule has 0 unspecified atom stereocenters. The van der Waals surface area contributed by atoms with Crippen LogP contribution >= 0.6 is 0 Å². The first-order valence-electron chi connectivity index (χ1n) is 9.86. The van der Waals surface area contributed by atoms with E-state index in [0.29, 0.717) is 37.3 Å². The molecule has 1 saturated heterocycles. The molecule has 0 atom stereocenters. The lowest BCUT2D eigenvalue weighted by Gasteiger charge is -2.36. The van der Waals surface area contributed by atoms with E-state index in [-0.39, 0.29) is 16.6 Å². The van der Waals surface area contributed by atoms with E-state index < -0.39 is 11.6 Å². The number of aromatic amines is 1. The highest BCUT2D eigenvalue weighted by Gasteiger charge is 2.19. The van der Waals surface area contributed by atoms with Crippen molar-refractivity contribution in [2.24, 2.45) is 0 Å². The van der Waals surface area contributed by atoms with Crippen LogP contribution in [-0.2, 0) is 13.0 Å². The van der Waals surface area contributed by atoms with Gasteiger partial charge in [0.2, 0.25) is 0 Å². The maximum absolute atomic E-state index is 14.6. The Labute approximate surface area is 172 Å². The Balaban J connectivity index is 1.46. The van der Waals surface area contributed by atoms with Crippen molar-refractivity contribution in [2.75, 3.05) is 31.1 Å². The Morgan fingerprint density at radius 1 is 1.13 bits per heavy atom. The number of rotatable bonds is 4. The molecule has 1 fully saturated rings. The second-order valence-electron chi connectivity index (χ2n) is 7.38. The largest absolute Gasteiger partial charge is 0.369 e. The fourth-order valence-electron chi connectivity index (χ4n) is 3.79. The van der Waals surface area contributed by atoms with Crippen molar-refractivity contribution in [3.63, 3.8) is 0 Å². The number of anilines is 1. The van der Waals surface area contributed by atoms with Crippen molar-refractivity contribution in [1.82, 2.24) is 14.9 Å². The lowest BCUT2D eigenvalue weighted by molar-refractivity contribution is 0.249. The zero-order chi connectivity index (χ0) is 21.3. The van der Waals surface area contributed by atoms with E-state index in [2.05, 4.69) is 19.8 Å². The van der Waals surface area contributed by atoms with Crippen LogP contribution in [0.4, 0.5) is 14.5 Å². The van der Waals surface area contributed by atoms with E-state index >= 15 is 0 Å². The minimum atomic E-state index is -0.516. The first-order valence-corrected chi connectivity index (χ1v) is 9.86. The van der Waals surface area contributed by atoms with E-state index in [1.807, 2.05) is 13.0 Å². The van der Waals surface area contributed by atoms with E-state index in [4.69, 9.17) is 5.26 Å². The number of hydrogen-bond acceptors (Lipinski definition) is 5. The van der Waals surface area contributed by atoms with E-state index in [1.54, 1.807) is 12.1 Å². The number of nitrogens with one attached hydrogen (secondary N) is 1. The molecule has 2 aromatic carbocycles. The third-order valence-electron chi connectivity index (χ3n) is 5.43. The van der Waals surface area contributed by atoms with Crippen LogP contribution in [0, 0.1) is 23.0 Å². The first-order chi connectivity index (χ1) is 14.5. The number of piperazine rings is 1. The molecule has 0 bridgehead atoms. The predicted octanol–water partition coefficient (Wildman–Crippen LogP) is 2.96. The van der Waals surface area contributed by atoms with Crippen LogP contribution in [0.25, 0.3) is 11.0 Å². The number of H-pyrrole nitrogens is 1. The van der Waals surface area contributed by atoms with Gasteiger partial charge in [0.25, 0.3) is 5.56 Å². The fourth-order valence-corrected chi connectivity index (χ4v) is 3.79. The summed E-state index contributed by atoms with van der Waals surface area (Å²) in [5.41, 5.74) is 2.17. The van der Waals surface area contributed by atoms with Gasteiger partial charge >= 0.3 is 0 Å². The van der Waals surface area contributed by atoms with E-state index in [1.165, 1.54) is 18.2 Å². The number of aromatic nitrogens is 2. The summed E-state index contributed by atoms with van der Waals surface area (Å²) in [6.07, 6.45) is 0.444. The average molecular weight is 409 g/mol. The minimum absolute atomic E-state index is 0.0364. The number of fused-ring (bicyclic) bond motifs is 1. The molecule has 1 N–H and O–H groups in total. The predicted molar refractivity (Wildman–Crippen MR) is 110 cm³/mol. The van der Waals surface area contributed by atoms with Crippen molar-refractivity contribution >= 4 is 16.7 Å². The zero-order valence-electron chi connectivity index (χ0n) is 16.6. The number of nitrogens with zero attached hydrogens (tertiary/aromatic N) is 4. The molecule has 30 heavy (non-hydrogen) atoms. The average Bonchev–Trinajstić information content (AvgIpc) is 2.74. The maximum atomic E-state index is 14.6. The summed E-state index contributed by atoms with van der Waals surface area (Å²) in [7, 11) is 0. The molecule has 8 heteroatoms. The molecule has 1 aliphatic heterocycles. The van der Waals surface area contributed by atoms with Gasteiger partial charge in [-0.05, 0) is 42.3 Å². The van der Waals surface area contributed by atoms with Gasteiger partial charge in [-0.15, -0.1) is 0 Å². The Bertz CT molecular complexity index is 1190. The van der Waals surface area contributed by atoms with Gasteiger partial charge < -0.3 is 9.88 Å². The van der Waals surface area contributed by atoms with Crippen molar-refractivity contribution in [3.05, 3.63) is 69.1 Å². The lowest BCUT2D eigenvalue weighted by atomic mass is 10.1. The molecule has 0 amide bonds. The van der Waals surface area contributed by atoms with Gasteiger partial charge in [-0.25, -0.2) is 13.8 Å². The smallest absolute Gasteiger partial charge is 0.270 e. The standard InChI is InChI=1S/C22H21F2N5O/c1-2-19-22(30)27-20-10-14(9-18(24)21(20)26-19)13-28-5-7-29(8-6-28)16-4-3-15(12-25)17(23)11-16/h3-4,9-11H,2,5-8,13H2,1H3,(H,27,30). The zero-order valence-corrected chi connectivity index (χ0v) is 16.6. The Morgan fingerprint density at radius 2 is 1.90 bits per heavy atom. The van der Waals surface area contributed by atoms with Crippen molar-refractivity contribution in [1.29, 1.82) is 5.26 Å². The second kappa shape index (κ2) is 8.20. The van der Waals surface area contributed by atoms with Gasteiger partial charge in [0, 0.05) is 38.4 Å². The highest BCUT2D eigenvalue weighted by Crippen LogP contribution is 2.22. The number of hydrogen-bond donors (Lipinski definition) is 1. The topological polar surface area (TPSA) is 76.0 Å². The molecular weight excluding hydrogens is 388 g/mol. The minimum Gasteiger partial charge on any atom is -0.369 e.